The average Bonchev–Trinajstić information content (AvgIpc) is 2.28. The molecule has 3 nitrogen and oxygen atoms in total. The van der Waals surface area contributed by atoms with Gasteiger partial charge in [0.2, 0.25) is 0 Å². The standard InChI is InChI=1S/C14H27NO2/c1-14(2,3)12(13(16)17-4)15-10-11-8-6-5-7-9-11/h11-12,15H,5-10H2,1-4H3/t12-/m1/s1. The first kappa shape index (κ1) is 14.5. The van der Waals surface area contributed by atoms with Crippen LogP contribution >= 0.6 is 0 Å². The van der Waals surface area contributed by atoms with Gasteiger partial charge in [0.1, 0.15) is 6.04 Å². The largest absolute Gasteiger partial charge is 0.468 e. The Labute approximate surface area is 105 Å². The van der Waals surface area contributed by atoms with Crippen LogP contribution in [0.5, 0.6) is 0 Å². The molecule has 1 atom stereocenters. The van der Waals surface area contributed by atoms with Gasteiger partial charge >= 0.3 is 5.97 Å². The second-order valence-corrected chi connectivity index (χ2v) is 6.23. The maximum Gasteiger partial charge on any atom is 0.323 e. The van der Waals surface area contributed by atoms with E-state index in [0.29, 0.717) is 0 Å². The Morgan fingerprint density at radius 1 is 1.29 bits per heavy atom. The van der Waals surface area contributed by atoms with Crippen LogP contribution in [0.15, 0.2) is 0 Å². The second-order valence-electron chi connectivity index (χ2n) is 6.23. The summed E-state index contributed by atoms with van der Waals surface area (Å²) < 4.78 is 4.88. The van der Waals surface area contributed by atoms with E-state index in [-0.39, 0.29) is 17.4 Å². The molecule has 0 bridgehead atoms. The number of carbonyl (C=O) groups excluding carboxylic acids is 1. The van der Waals surface area contributed by atoms with Crippen LogP contribution in [-0.4, -0.2) is 25.7 Å². The fraction of sp³-hybridized carbons (Fsp3) is 0.929. The summed E-state index contributed by atoms with van der Waals surface area (Å²) in [6.45, 7) is 7.16. The Bertz CT molecular complexity index is 239. The minimum atomic E-state index is -0.200. The molecule has 0 spiro atoms. The van der Waals surface area contributed by atoms with E-state index < -0.39 is 0 Å². The Kier molecular flexibility index (Phi) is 5.44. The lowest BCUT2D eigenvalue weighted by Crippen LogP contribution is -2.48. The van der Waals surface area contributed by atoms with Crippen LogP contribution in [0.4, 0.5) is 0 Å². The number of esters is 1. The van der Waals surface area contributed by atoms with E-state index in [4.69, 9.17) is 4.74 Å². The highest BCUT2D eigenvalue weighted by Gasteiger charge is 2.32. The maximum atomic E-state index is 11.7. The van der Waals surface area contributed by atoms with Gasteiger partial charge in [0, 0.05) is 0 Å². The van der Waals surface area contributed by atoms with Gasteiger partial charge in [-0.25, -0.2) is 0 Å². The van der Waals surface area contributed by atoms with Crippen LogP contribution in [0, 0.1) is 11.3 Å². The smallest absolute Gasteiger partial charge is 0.323 e. The third kappa shape index (κ3) is 4.66. The summed E-state index contributed by atoms with van der Waals surface area (Å²) in [6, 6.07) is -0.200. The quantitative estimate of drug-likeness (QED) is 0.769. The van der Waals surface area contributed by atoms with E-state index in [0.717, 1.165) is 12.5 Å². The molecule has 1 aliphatic rings. The van der Waals surface area contributed by atoms with Gasteiger partial charge in [0.05, 0.1) is 7.11 Å². The van der Waals surface area contributed by atoms with Crippen molar-refractivity contribution in [2.45, 2.75) is 58.9 Å². The van der Waals surface area contributed by atoms with Gasteiger partial charge in [-0.1, -0.05) is 40.0 Å². The molecular formula is C14H27NO2. The fourth-order valence-corrected chi connectivity index (χ4v) is 2.54. The van der Waals surface area contributed by atoms with Crippen LogP contribution < -0.4 is 5.32 Å². The Morgan fingerprint density at radius 3 is 2.35 bits per heavy atom. The average molecular weight is 241 g/mol. The normalized spacial score (nSPS) is 20.0. The fourth-order valence-electron chi connectivity index (χ4n) is 2.54. The first-order chi connectivity index (χ1) is 7.95. The number of ether oxygens (including phenoxy) is 1. The Morgan fingerprint density at radius 2 is 1.88 bits per heavy atom. The van der Waals surface area contributed by atoms with Crippen molar-refractivity contribution < 1.29 is 9.53 Å². The van der Waals surface area contributed by atoms with E-state index in [1.807, 2.05) is 0 Å². The van der Waals surface area contributed by atoms with Crippen LogP contribution in [-0.2, 0) is 9.53 Å². The SMILES string of the molecule is COC(=O)[C@@H](NCC1CCCCC1)C(C)(C)C. The molecule has 0 aromatic heterocycles. The zero-order valence-electron chi connectivity index (χ0n) is 11.7. The third-order valence-electron chi connectivity index (χ3n) is 3.64. The summed E-state index contributed by atoms with van der Waals surface area (Å²) in [4.78, 5) is 11.7. The molecule has 0 amide bonds. The summed E-state index contributed by atoms with van der Waals surface area (Å²) in [5, 5.41) is 3.41. The topological polar surface area (TPSA) is 38.3 Å². The van der Waals surface area contributed by atoms with Gasteiger partial charge < -0.3 is 10.1 Å². The van der Waals surface area contributed by atoms with E-state index in [1.54, 1.807) is 0 Å². The summed E-state index contributed by atoms with van der Waals surface area (Å²) >= 11 is 0. The third-order valence-corrected chi connectivity index (χ3v) is 3.64. The summed E-state index contributed by atoms with van der Waals surface area (Å²) in [5.41, 5.74) is -0.0955. The molecule has 1 rings (SSSR count). The molecule has 3 heteroatoms. The van der Waals surface area contributed by atoms with Crippen molar-refractivity contribution in [3.8, 4) is 0 Å². The number of hydrogen-bond donors (Lipinski definition) is 1. The lowest BCUT2D eigenvalue weighted by Gasteiger charge is -2.31. The molecule has 1 fully saturated rings. The van der Waals surface area contributed by atoms with Crippen molar-refractivity contribution in [3.05, 3.63) is 0 Å². The van der Waals surface area contributed by atoms with Gasteiger partial charge in [-0.05, 0) is 30.7 Å². The number of nitrogens with one attached hydrogen (secondary N) is 1. The predicted octanol–water partition coefficient (Wildman–Crippen LogP) is 2.74. The zero-order chi connectivity index (χ0) is 12.9. The first-order valence-corrected chi connectivity index (χ1v) is 6.76. The Balaban J connectivity index is 2.46. The van der Waals surface area contributed by atoms with Crippen molar-refractivity contribution in [2.75, 3.05) is 13.7 Å². The molecule has 0 aromatic rings. The molecule has 100 valence electrons. The van der Waals surface area contributed by atoms with Crippen LogP contribution in [0.1, 0.15) is 52.9 Å². The molecule has 1 aliphatic carbocycles. The van der Waals surface area contributed by atoms with Gasteiger partial charge in [-0.2, -0.15) is 0 Å². The minimum absolute atomic E-state index is 0.0955. The number of hydrogen-bond acceptors (Lipinski definition) is 3. The predicted molar refractivity (Wildman–Crippen MR) is 69.8 cm³/mol. The van der Waals surface area contributed by atoms with Gasteiger partial charge in [-0.3, -0.25) is 4.79 Å². The molecule has 0 heterocycles. The highest BCUT2D eigenvalue weighted by Crippen LogP contribution is 2.25. The summed E-state index contributed by atoms with van der Waals surface area (Å²) in [5.74, 6) is 0.589. The lowest BCUT2D eigenvalue weighted by molar-refractivity contribution is -0.146. The monoisotopic (exact) mass is 241 g/mol. The van der Waals surface area contributed by atoms with Crippen molar-refractivity contribution in [1.82, 2.24) is 5.32 Å². The molecule has 0 aromatic carbocycles. The second kappa shape index (κ2) is 6.39. The van der Waals surface area contributed by atoms with Crippen LogP contribution in [0.25, 0.3) is 0 Å². The van der Waals surface area contributed by atoms with Gasteiger partial charge in [0.25, 0.3) is 0 Å². The summed E-state index contributed by atoms with van der Waals surface area (Å²) in [7, 11) is 1.46. The molecule has 0 radical (unpaired) electrons. The molecule has 0 aliphatic heterocycles. The highest BCUT2D eigenvalue weighted by molar-refractivity contribution is 5.76. The molecular weight excluding hydrogens is 214 g/mol. The van der Waals surface area contributed by atoms with Crippen molar-refractivity contribution in [1.29, 1.82) is 0 Å². The van der Waals surface area contributed by atoms with E-state index in [9.17, 15) is 4.79 Å². The van der Waals surface area contributed by atoms with Crippen molar-refractivity contribution in [3.63, 3.8) is 0 Å². The van der Waals surface area contributed by atoms with Crippen molar-refractivity contribution >= 4 is 5.97 Å². The lowest BCUT2D eigenvalue weighted by atomic mass is 9.85. The van der Waals surface area contributed by atoms with E-state index in [1.165, 1.54) is 39.2 Å². The summed E-state index contributed by atoms with van der Waals surface area (Å²) in [6.07, 6.45) is 6.64. The number of rotatable bonds is 4. The van der Waals surface area contributed by atoms with Crippen LogP contribution in [0.3, 0.4) is 0 Å². The van der Waals surface area contributed by atoms with Gasteiger partial charge in [-0.15, -0.1) is 0 Å². The van der Waals surface area contributed by atoms with Crippen LogP contribution in [0.2, 0.25) is 0 Å². The molecule has 0 saturated heterocycles. The highest BCUT2D eigenvalue weighted by atomic mass is 16.5. The zero-order valence-corrected chi connectivity index (χ0v) is 11.7. The van der Waals surface area contributed by atoms with E-state index >= 15 is 0 Å². The Hall–Kier alpha value is -0.570. The minimum Gasteiger partial charge on any atom is -0.468 e. The van der Waals surface area contributed by atoms with E-state index in [2.05, 4.69) is 26.1 Å². The first-order valence-electron chi connectivity index (χ1n) is 6.76. The molecule has 0 unspecified atom stereocenters. The molecule has 1 N–H and O–H groups in total. The molecule has 17 heavy (non-hydrogen) atoms. The molecule has 1 saturated carbocycles. The number of carbonyl (C=O) groups is 1. The van der Waals surface area contributed by atoms with Crippen molar-refractivity contribution in [2.24, 2.45) is 11.3 Å². The number of methoxy groups -OCH3 is 1. The van der Waals surface area contributed by atoms with Gasteiger partial charge in [0.15, 0.2) is 0 Å². The maximum absolute atomic E-state index is 11.7.